The van der Waals surface area contributed by atoms with Crippen molar-refractivity contribution in [1.82, 2.24) is 5.43 Å². The van der Waals surface area contributed by atoms with E-state index in [1.165, 1.54) is 11.1 Å². The van der Waals surface area contributed by atoms with Crippen molar-refractivity contribution < 1.29 is 19.1 Å². The molecule has 0 bridgehead atoms. The minimum atomic E-state index is -0.468. The molecule has 1 saturated heterocycles. The van der Waals surface area contributed by atoms with Crippen LogP contribution in [0.15, 0.2) is 82.8 Å². The number of carbonyl (C=O) groups is 2. The van der Waals surface area contributed by atoms with Gasteiger partial charge in [0.2, 0.25) is 0 Å². The van der Waals surface area contributed by atoms with E-state index >= 15 is 0 Å². The van der Waals surface area contributed by atoms with Crippen molar-refractivity contribution >= 4 is 39.5 Å². The van der Waals surface area contributed by atoms with E-state index in [0.717, 1.165) is 5.56 Å². The Hall–Kier alpha value is -3.58. The Morgan fingerprint density at radius 1 is 0.968 bits per heavy atom. The van der Waals surface area contributed by atoms with Gasteiger partial charge in [0.1, 0.15) is 12.2 Å². The minimum Gasteiger partial charge on any atom is -0.493 e. The third-order valence-corrected chi connectivity index (χ3v) is 5.41. The van der Waals surface area contributed by atoms with E-state index in [4.69, 9.17) is 9.47 Å². The second-order valence-electron chi connectivity index (χ2n) is 6.77. The van der Waals surface area contributed by atoms with Crippen LogP contribution in [0.5, 0.6) is 11.5 Å². The zero-order chi connectivity index (χ0) is 21.8. The molecule has 1 N–H and O–H groups in total. The van der Waals surface area contributed by atoms with Crippen molar-refractivity contribution in [3.63, 3.8) is 0 Å². The first kappa shape index (κ1) is 20.7. The summed E-state index contributed by atoms with van der Waals surface area (Å²) in [6.07, 6.45) is 1.54. The van der Waals surface area contributed by atoms with Crippen LogP contribution in [-0.2, 0) is 16.2 Å². The van der Waals surface area contributed by atoms with E-state index < -0.39 is 11.8 Å². The van der Waals surface area contributed by atoms with E-state index in [9.17, 15) is 9.59 Å². The van der Waals surface area contributed by atoms with Gasteiger partial charge in [-0.25, -0.2) is 5.01 Å². The van der Waals surface area contributed by atoms with Crippen LogP contribution >= 0.6 is 15.9 Å². The number of ether oxygens (including phenoxy) is 2. The molecule has 1 heterocycles. The lowest BCUT2D eigenvalue weighted by Crippen LogP contribution is -2.35. The third kappa shape index (κ3) is 4.46. The second kappa shape index (κ2) is 9.06. The van der Waals surface area contributed by atoms with Crippen LogP contribution in [0, 0.1) is 0 Å². The fourth-order valence-corrected chi connectivity index (χ4v) is 3.58. The van der Waals surface area contributed by atoms with E-state index in [-0.39, 0.29) is 5.57 Å². The van der Waals surface area contributed by atoms with Crippen molar-refractivity contribution in [1.29, 1.82) is 0 Å². The average Bonchev–Trinajstić information content (AvgIpc) is 3.08. The number of methoxy groups -OCH3 is 1. The lowest BCUT2D eigenvalue weighted by atomic mass is 10.1. The Labute approximate surface area is 188 Å². The van der Waals surface area contributed by atoms with Crippen LogP contribution < -0.4 is 19.9 Å². The van der Waals surface area contributed by atoms with E-state index in [1.807, 2.05) is 36.4 Å². The maximum Gasteiger partial charge on any atom is 0.282 e. The maximum absolute atomic E-state index is 12.8. The van der Waals surface area contributed by atoms with Gasteiger partial charge in [0, 0.05) is 4.47 Å². The number of benzene rings is 3. The van der Waals surface area contributed by atoms with Gasteiger partial charge >= 0.3 is 0 Å². The molecule has 7 heteroatoms. The van der Waals surface area contributed by atoms with Gasteiger partial charge < -0.3 is 9.47 Å². The Bertz CT molecular complexity index is 1150. The molecule has 3 aromatic rings. The van der Waals surface area contributed by atoms with Crippen LogP contribution in [0.1, 0.15) is 11.1 Å². The summed E-state index contributed by atoms with van der Waals surface area (Å²) in [4.78, 5) is 25.3. The normalized spacial score (nSPS) is 14.6. The van der Waals surface area contributed by atoms with Crippen LogP contribution in [0.25, 0.3) is 6.08 Å². The summed E-state index contributed by atoms with van der Waals surface area (Å²) in [6.45, 7) is 0.386. The molecule has 0 radical (unpaired) electrons. The van der Waals surface area contributed by atoms with E-state index in [0.29, 0.717) is 33.8 Å². The lowest BCUT2D eigenvalue weighted by Gasteiger charge is -2.14. The number of hydrogen-bond acceptors (Lipinski definition) is 4. The zero-order valence-electron chi connectivity index (χ0n) is 16.7. The fraction of sp³-hybridized carbons (Fsp3) is 0.0833. The van der Waals surface area contributed by atoms with Gasteiger partial charge in [0.15, 0.2) is 11.5 Å². The fourth-order valence-electron chi connectivity index (χ4n) is 3.14. The summed E-state index contributed by atoms with van der Waals surface area (Å²) >= 11 is 3.51. The Morgan fingerprint density at radius 2 is 1.65 bits per heavy atom. The lowest BCUT2D eigenvalue weighted by molar-refractivity contribution is -0.117. The van der Waals surface area contributed by atoms with Crippen molar-refractivity contribution in [3.05, 3.63) is 94.0 Å². The van der Waals surface area contributed by atoms with Gasteiger partial charge in [0.05, 0.1) is 12.8 Å². The summed E-state index contributed by atoms with van der Waals surface area (Å²) in [6, 6.07) is 22.2. The highest BCUT2D eigenvalue weighted by Crippen LogP contribution is 2.35. The Kier molecular flexibility index (Phi) is 6.04. The minimum absolute atomic E-state index is 0.0320. The van der Waals surface area contributed by atoms with Crippen molar-refractivity contribution in [2.24, 2.45) is 0 Å². The molecular weight excluding hydrogens is 460 g/mol. The number of para-hydroxylation sites is 1. The first-order valence-corrected chi connectivity index (χ1v) is 10.3. The number of hydrogen-bond donors (Lipinski definition) is 1. The molecule has 6 nitrogen and oxygen atoms in total. The number of halogens is 1. The standard InChI is InChI=1S/C24H19BrN2O4/c1-30-21-13-17(20(25)14-22(21)31-15-16-8-4-2-5-9-16)12-19-23(28)26-27(24(19)29)18-10-6-3-7-11-18/h2-14H,15H2,1H3,(H,26,28)/b19-12+. The predicted octanol–water partition coefficient (Wildman–Crippen LogP) is 4.50. The summed E-state index contributed by atoms with van der Waals surface area (Å²) in [5.74, 6) is 0.154. The number of rotatable bonds is 6. The number of nitrogens with one attached hydrogen (secondary N) is 1. The molecule has 0 saturated carbocycles. The Morgan fingerprint density at radius 3 is 2.32 bits per heavy atom. The molecule has 0 aromatic heterocycles. The molecule has 3 aromatic carbocycles. The van der Waals surface area contributed by atoms with E-state index in [1.54, 1.807) is 43.5 Å². The SMILES string of the molecule is COc1cc(/C=C2\C(=O)NN(c3ccccc3)C2=O)c(Br)cc1OCc1ccccc1. The van der Waals surface area contributed by atoms with Crippen molar-refractivity contribution in [2.75, 3.05) is 12.1 Å². The molecule has 0 unspecified atom stereocenters. The molecule has 0 spiro atoms. The van der Waals surface area contributed by atoms with Gasteiger partial charge in [-0.15, -0.1) is 0 Å². The average molecular weight is 479 g/mol. The van der Waals surface area contributed by atoms with Crippen molar-refractivity contribution in [3.8, 4) is 11.5 Å². The number of hydrazine groups is 1. The molecule has 31 heavy (non-hydrogen) atoms. The monoisotopic (exact) mass is 478 g/mol. The quantitative estimate of drug-likeness (QED) is 0.418. The first-order chi connectivity index (χ1) is 15.1. The summed E-state index contributed by atoms with van der Waals surface area (Å²) in [5.41, 5.74) is 4.87. The van der Waals surface area contributed by atoms with Crippen LogP contribution in [0.2, 0.25) is 0 Å². The largest absolute Gasteiger partial charge is 0.493 e. The summed E-state index contributed by atoms with van der Waals surface area (Å²) < 4.78 is 12.0. The summed E-state index contributed by atoms with van der Waals surface area (Å²) in [7, 11) is 1.54. The van der Waals surface area contributed by atoms with Gasteiger partial charge in [-0.05, 0) is 41.5 Å². The Balaban J connectivity index is 1.60. The summed E-state index contributed by atoms with van der Waals surface area (Å²) in [5, 5.41) is 1.23. The second-order valence-corrected chi connectivity index (χ2v) is 7.63. The van der Waals surface area contributed by atoms with Gasteiger partial charge in [-0.2, -0.15) is 0 Å². The zero-order valence-corrected chi connectivity index (χ0v) is 18.3. The first-order valence-electron chi connectivity index (χ1n) is 9.53. The number of carbonyl (C=O) groups excluding carboxylic acids is 2. The van der Waals surface area contributed by atoms with Gasteiger partial charge in [0.25, 0.3) is 11.8 Å². The number of nitrogens with zero attached hydrogens (tertiary/aromatic N) is 1. The smallest absolute Gasteiger partial charge is 0.282 e. The maximum atomic E-state index is 12.8. The molecule has 1 aliphatic heterocycles. The molecule has 156 valence electrons. The van der Waals surface area contributed by atoms with Crippen molar-refractivity contribution in [2.45, 2.75) is 6.61 Å². The molecule has 1 fully saturated rings. The van der Waals surface area contributed by atoms with Crippen LogP contribution in [-0.4, -0.2) is 18.9 Å². The molecular formula is C24H19BrN2O4. The highest BCUT2D eigenvalue weighted by Gasteiger charge is 2.34. The van der Waals surface area contributed by atoms with Crippen LogP contribution in [0.4, 0.5) is 5.69 Å². The molecule has 0 aliphatic carbocycles. The molecule has 0 atom stereocenters. The molecule has 2 amide bonds. The number of amides is 2. The highest BCUT2D eigenvalue weighted by atomic mass is 79.9. The van der Waals surface area contributed by atoms with Crippen LogP contribution in [0.3, 0.4) is 0 Å². The van der Waals surface area contributed by atoms with Gasteiger partial charge in [-0.3, -0.25) is 15.0 Å². The predicted molar refractivity (Wildman–Crippen MR) is 122 cm³/mol. The van der Waals surface area contributed by atoms with E-state index in [2.05, 4.69) is 21.4 Å². The molecule has 1 aliphatic rings. The highest BCUT2D eigenvalue weighted by molar-refractivity contribution is 9.10. The topological polar surface area (TPSA) is 67.9 Å². The number of anilines is 1. The third-order valence-electron chi connectivity index (χ3n) is 4.73. The van der Waals surface area contributed by atoms with Gasteiger partial charge in [-0.1, -0.05) is 64.5 Å². The molecule has 4 rings (SSSR count).